The fourth-order valence-electron chi connectivity index (χ4n) is 1.93. The van der Waals surface area contributed by atoms with Crippen LogP contribution in [-0.2, 0) is 0 Å². The van der Waals surface area contributed by atoms with Crippen molar-refractivity contribution in [3.8, 4) is 11.4 Å². The zero-order valence-corrected chi connectivity index (χ0v) is 10.6. The van der Waals surface area contributed by atoms with Crippen LogP contribution in [0.1, 0.15) is 0 Å². The summed E-state index contributed by atoms with van der Waals surface area (Å²) < 4.78 is 7.02. The van der Waals surface area contributed by atoms with E-state index >= 15 is 0 Å². The van der Waals surface area contributed by atoms with E-state index in [1.165, 1.54) is 0 Å². The number of ether oxygens (including phenoxy) is 1. The van der Waals surface area contributed by atoms with Crippen molar-refractivity contribution in [1.29, 1.82) is 0 Å². The van der Waals surface area contributed by atoms with E-state index in [1.807, 2.05) is 53.3 Å². The quantitative estimate of drug-likeness (QED) is 0.701. The van der Waals surface area contributed by atoms with Crippen molar-refractivity contribution in [3.05, 3.63) is 53.7 Å². The molecule has 0 saturated carbocycles. The molecule has 18 heavy (non-hydrogen) atoms. The van der Waals surface area contributed by atoms with Crippen LogP contribution < -0.4 is 4.74 Å². The van der Waals surface area contributed by atoms with Gasteiger partial charge in [0.2, 0.25) is 0 Å². The molecule has 1 aromatic heterocycles. The van der Waals surface area contributed by atoms with Crippen molar-refractivity contribution in [2.24, 2.45) is 0 Å². The van der Waals surface area contributed by atoms with Crippen molar-refractivity contribution in [3.63, 3.8) is 0 Å². The molecule has 0 atom stereocenters. The maximum atomic E-state index is 5.96. The smallest absolute Gasteiger partial charge is 0.119 e. The van der Waals surface area contributed by atoms with Gasteiger partial charge in [-0.15, -0.1) is 0 Å². The molecule has 2 aromatic carbocycles. The van der Waals surface area contributed by atoms with Crippen LogP contribution in [0.5, 0.6) is 5.75 Å². The van der Waals surface area contributed by atoms with E-state index in [1.54, 1.807) is 7.11 Å². The van der Waals surface area contributed by atoms with Gasteiger partial charge in [0.15, 0.2) is 0 Å². The van der Waals surface area contributed by atoms with E-state index in [0.717, 1.165) is 27.4 Å². The average Bonchev–Trinajstić information content (AvgIpc) is 2.81. The van der Waals surface area contributed by atoms with Gasteiger partial charge in [-0.05, 0) is 42.5 Å². The van der Waals surface area contributed by atoms with Crippen LogP contribution in [0.3, 0.4) is 0 Å². The van der Waals surface area contributed by atoms with E-state index in [4.69, 9.17) is 16.3 Å². The van der Waals surface area contributed by atoms with Gasteiger partial charge in [0.05, 0.1) is 24.5 Å². The van der Waals surface area contributed by atoms with Gasteiger partial charge in [-0.2, -0.15) is 5.10 Å². The lowest BCUT2D eigenvalue weighted by Crippen LogP contribution is -1.95. The summed E-state index contributed by atoms with van der Waals surface area (Å²) in [5, 5.41) is 6.12. The lowest BCUT2D eigenvalue weighted by molar-refractivity contribution is 0.414. The van der Waals surface area contributed by atoms with Crippen LogP contribution in [-0.4, -0.2) is 16.9 Å². The lowest BCUT2D eigenvalue weighted by atomic mass is 10.2. The number of rotatable bonds is 2. The fourth-order valence-corrected chi connectivity index (χ4v) is 2.11. The van der Waals surface area contributed by atoms with E-state index < -0.39 is 0 Å². The topological polar surface area (TPSA) is 27.1 Å². The summed E-state index contributed by atoms with van der Waals surface area (Å²) in [5.74, 6) is 0.832. The predicted molar refractivity (Wildman–Crippen MR) is 72.6 cm³/mol. The first-order valence-corrected chi connectivity index (χ1v) is 5.93. The van der Waals surface area contributed by atoms with Crippen LogP contribution in [0.2, 0.25) is 5.02 Å². The van der Waals surface area contributed by atoms with Gasteiger partial charge in [-0.25, -0.2) is 4.68 Å². The molecule has 0 unspecified atom stereocenters. The number of fused-ring (bicyclic) bond motifs is 1. The maximum Gasteiger partial charge on any atom is 0.119 e. The first-order valence-electron chi connectivity index (χ1n) is 5.55. The molecule has 0 aliphatic heterocycles. The zero-order valence-electron chi connectivity index (χ0n) is 9.80. The zero-order chi connectivity index (χ0) is 12.5. The summed E-state index contributed by atoms with van der Waals surface area (Å²) in [6, 6.07) is 13.5. The third-order valence-corrected chi connectivity index (χ3v) is 3.08. The van der Waals surface area contributed by atoms with Gasteiger partial charge in [-0.3, -0.25) is 0 Å². The van der Waals surface area contributed by atoms with Crippen molar-refractivity contribution in [2.45, 2.75) is 0 Å². The molecule has 3 aromatic rings. The molecule has 3 rings (SSSR count). The van der Waals surface area contributed by atoms with Gasteiger partial charge in [0.1, 0.15) is 5.75 Å². The molecule has 0 spiro atoms. The van der Waals surface area contributed by atoms with Gasteiger partial charge < -0.3 is 4.74 Å². The largest absolute Gasteiger partial charge is 0.497 e. The maximum absolute atomic E-state index is 5.96. The molecule has 0 saturated heterocycles. The summed E-state index contributed by atoms with van der Waals surface area (Å²) in [6.45, 7) is 0. The Morgan fingerprint density at radius 3 is 2.61 bits per heavy atom. The molecule has 90 valence electrons. The minimum Gasteiger partial charge on any atom is -0.497 e. The molecule has 1 heterocycles. The number of methoxy groups -OCH3 is 1. The fraction of sp³-hybridized carbons (Fsp3) is 0.0714. The molecule has 0 N–H and O–H groups in total. The number of halogens is 1. The van der Waals surface area contributed by atoms with E-state index in [9.17, 15) is 0 Å². The highest BCUT2D eigenvalue weighted by molar-refractivity contribution is 6.31. The Morgan fingerprint density at radius 2 is 1.89 bits per heavy atom. The molecule has 0 amide bonds. The van der Waals surface area contributed by atoms with Crippen LogP contribution in [0.25, 0.3) is 16.6 Å². The van der Waals surface area contributed by atoms with E-state index in [-0.39, 0.29) is 0 Å². The summed E-state index contributed by atoms with van der Waals surface area (Å²) in [5.41, 5.74) is 2.03. The molecule has 3 nitrogen and oxygen atoms in total. The minimum atomic E-state index is 0.719. The molecular weight excluding hydrogens is 248 g/mol. The predicted octanol–water partition coefficient (Wildman–Crippen LogP) is 3.69. The summed E-state index contributed by atoms with van der Waals surface area (Å²) in [7, 11) is 1.65. The molecule has 0 radical (unpaired) electrons. The summed E-state index contributed by atoms with van der Waals surface area (Å²) in [6.07, 6.45) is 1.81. The molecule has 4 heteroatoms. The van der Waals surface area contributed by atoms with Gasteiger partial charge >= 0.3 is 0 Å². The SMILES string of the molecule is COc1ccc(-n2ncc3cc(Cl)ccc32)cc1. The number of aromatic nitrogens is 2. The molecular formula is C14H11ClN2O. The number of hydrogen-bond acceptors (Lipinski definition) is 2. The number of benzene rings is 2. The Balaban J connectivity index is 2.13. The van der Waals surface area contributed by atoms with Crippen LogP contribution in [0.15, 0.2) is 48.7 Å². The second-order valence-corrected chi connectivity index (χ2v) is 4.39. The summed E-state index contributed by atoms with van der Waals surface area (Å²) >= 11 is 5.96. The highest BCUT2D eigenvalue weighted by atomic mass is 35.5. The Kier molecular flexibility index (Phi) is 2.68. The second-order valence-electron chi connectivity index (χ2n) is 3.96. The first-order chi connectivity index (χ1) is 8.78. The third-order valence-electron chi connectivity index (χ3n) is 2.85. The first kappa shape index (κ1) is 11.1. The lowest BCUT2D eigenvalue weighted by Gasteiger charge is -2.05. The van der Waals surface area contributed by atoms with Crippen LogP contribution >= 0.6 is 11.6 Å². The van der Waals surface area contributed by atoms with Gasteiger partial charge in [0.25, 0.3) is 0 Å². The normalized spacial score (nSPS) is 10.8. The molecule has 0 aliphatic carbocycles. The molecule has 0 aliphatic rings. The Morgan fingerprint density at radius 1 is 1.11 bits per heavy atom. The Hall–Kier alpha value is -2.00. The van der Waals surface area contributed by atoms with Crippen molar-refractivity contribution in [2.75, 3.05) is 7.11 Å². The van der Waals surface area contributed by atoms with Crippen molar-refractivity contribution < 1.29 is 4.74 Å². The van der Waals surface area contributed by atoms with Crippen LogP contribution in [0.4, 0.5) is 0 Å². The third kappa shape index (κ3) is 1.83. The molecule has 0 fully saturated rings. The highest BCUT2D eigenvalue weighted by Crippen LogP contribution is 2.22. The van der Waals surface area contributed by atoms with E-state index in [2.05, 4.69) is 5.10 Å². The summed E-state index contributed by atoms with van der Waals surface area (Å²) in [4.78, 5) is 0. The number of nitrogens with zero attached hydrogens (tertiary/aromatic N) is 2. The standard InChI is InChI=1S/C14H11ClN2O/c1-18-13-5-3-12(4-6-13)17-14-7-2-11(15)8-10(14)9-16-17/h2-9H,1H3. The number of hydrogen-bond donors (Lipinski definition) is 0. The average molecular weight is 259 g/mol. The second kappa shape index (κ2) is 4.35. The van der Waals surface area contributed by atoms with E-state index in [0.29, 0.717) is 0 Å². The Bertz CT molecular complexity index is 689. The van der Waals surface area contributed by atoms with Gasteiger partial charge in [0, 0.05) is 10.4 Å². The van der Waals surface area contributed by atoms with Crippen molar-refractivity contribution in [1.82, 2.24) is 9.78 Å². The van der Waals surface area contributed by atoms with Crippen molar-refractivity contribution >= 4 is 22.5 Å². The minimum absolute atomic E-state index is 0.719. The highest BCUT2D eigenvalue weighted by Gasteiger charge is 2.05. The Labute approximate surface area is 110 Å². The van der Waals surface area contributed by atoms with Gasteiger partial charge in [-0.1, -0.05) is 11.6 Å². The van der Waals surface area contributed by atoms with Crippen LogP contribution in [0, 0.1) is 0 Å². The monoisotopic (exact) mass is 258 g/mol. The molecule has 0 bridgehead atoms.